The molecule has 0 aromatic heterocycles. The number of nitrogens with one attached hydrogen (secondary N) is 1. The van der Waals surface area contributed by atoms with Crippen LogP contribution in [0.15, 0.2) is 18.2 Å². The van der Waals surface area contributed by atoms with Crippen LogP contribution in [-0.4, -0.2) is 41.9 Å². The summed E-state index contributed by atoms with van der Waals surface area (Å²) in [5.41, 5.74) is 1.09. The number of carbonyl (C=O) groups is 1. The Hall–Kier alpha value is -1.95. The summed E-state index contributed by atoms with van der Waals surface area (Å²) in [6.45, 7) is 4.86. The van der Waals surface area contributed by atoms with Crippen LogP contribution in [0, 0.1) is 10.1 Å². The van der Waals surface area contributed by atoms with Crippen molar-refractivity contribution in [1.82, 2.24) is 10.2 Å². The van der Waals surface area contributed by atoms with Gasteiger partial charge in [-0.3, -0.25) is 14.9 Å². The van der Waals surface area contributed by atoms with Gasteiger partial charge in [0.1, 0.15) is 0 Å². The Kier molecular flexibility index (Phi) is 4.68. The third-order valence-electron chi connectivity index (χ3n) is 3.54. The minimum Gasteiger partial charge on any atom is -0.337 e. The molecule has 0 saturated carbocycles. The van der Waals surface area contributed by atoms with Crippen LogP contribution in [0.2, 0.25) is 0 Å². The molecule has 1 N–H and O–H groups in total. The maximum absolute atomic E-state index is 12.4. The molecule has 1 amide bonds. The monoisotopic (exact) mass is 277 g/mol. The van der Waals surface area contributed by atoms with E-state index in [0.717, 1.165) is 19.5 Å². The molecule has 1 saturated heterocycles. The Labute approximate surface area is 117 Å². The molecule has 0 atom stereocenters. The van der Waals surface area contributed by atoms with Gasteiger partial charge in [0.25, 0.3) is 11.6 Å². The summed E-state index contributed by atoms with van der Waals surface area (Å²) in [7, 11) is 0. The van der Waals surface area contributed by atoms with Gasteiger partial charge in [0, 0.05) is 36.8 Å². The van der Waals surface area contributed by atoms with Gasteiger partial charge in [0.2, 0.25) is 0 Å². The Bertz CT molecular complexity index is 508. The van der Waals surface area contributed by atoms with Crippen LogP contribution in [0.1, 0.15) is 29.3 Å². The van der Waals surface area contributed by atoms with Crippen molar-refractivity contribution in [2.75, 3.05) is 26.2 Å². The average molecular weight is 277 g/mol. The molecular weight excluding hydrogens is 258 g/mol. The van der Waals surface area contributed by atoms with Crippen molar-refractivity contribution in [2.24, 2.45) is 0 Å². The Morgan fingerprint density at radius 3 is 2.90 bits per heavy atom. The number of nitro benzene ring substituents is 1. The lowest BCUT2D eigenvalue weighted by Gasteiger charge is -2.20. The highest BCUT2D eigenvalue weighted by Gasteiger charge is 2.21. The standard InChI is InChI=1S/C14H19N3O3/c1-2-11-4-5-12(10-13(11)17(19)20)14(18)16-8-3-6-15-7-9-16/h4-5,10,15H,2-3,6-9H2,1H3. The van der Waals surface area contributed by atoms with E-state index >= 15 is 0 Å². The highest BCUT2D eigenvalue weighted by Crippen LogP contribution is 2.22. The van der Waals surface area contributed by atoms with Crippen molar-refractivity contribution >= 4 is 11.6 Å². The van der Waals surface area contributed by atoms with Gasteiger partial charge in [-0.15, -0.1) is 0 Å². The van der Waals surface area contributed by atoms with Gasteiger partial charge in [-0.25, -0.2) is 0 Å². The topological polar surface area (TPSA) is 75.5 Å². The number of hydrogen-bond acceptors (Lipinski definition) is 4. The fourth-order valence-corrected chi connectivity index (χ4v) is 2.40. The minimum absolute atomic E-state index is 0.0336. The third-order valence-corrected chi connectivity index (χ3v) is 3.54. The summed E-state index contributed by atoms with van der Waals surface area (Å²) >= 11 is 0. The Morgan fingerprint density at radius 2 is 2.20 bits per heavy atom. The van der Waals surface area contributed by atoms with Crippen LogP contribution in [-0.2, 0) is 6.42 Å². The smallest absolute Gasteiger partial charge is 0.273 e. The fraction of sp³-hybridized carbons (Fsp3) is 0.500. The molecule has 1 fully saturated rings. The normalized spacial score (nSPS) is 15.8. The van der Waals surface area contributed by atoms with E-state index in [1.54, 1.807) is 17.0 Å². The van der Waals surface area contributed by atoms with E-state index in [0.29, 0.717) is 30.6 Å². The fourth-order valence-electron chi connectivity index (χ4n) is 2.40. The molecule has 2 rings (SSSR count). The molecule has 1 aromatic rings. The van der Waals surface area contributed by atoms with Crippen LogP contribution in [0.25, 0.3) is 0 Å². The van der Waals surface area contributed by atoms with Crippen molar-refractivity contribution in [3.63, 3.8) is 0 Å². The molecule has 1 aliphatic heterocycles. The Morgan fingerprint density at radius 1 is 1.40 bits per heavy atom. The van der Waals surface area contributed by atoms with Gasteiger partial charge in [-0.05, 0) is 25.5 Å². The zero-order valence-corrected chi connectivity index (χ0v) is 11.6. The van der Waals surface area contributed by atoms with Crippen LogP contribution in [0.3, 0.4) is 0 Å². The molecule has 0 radical (unpaired) electrons. The van der Waals surface area contributed by atoms with Gasteiger partial charge < -0.3 is 10.2 Å². The van der Waals surface area contributed by atoms with Gasteiger partial charge in [0.15, 0.2) is 0 Å². The molecule has 0 unspecified atom stereocenters. The Balaban J connectivity index is 2.25. The first-order valence-electron chi connectivity index (χ1n) is 6.90. The van der Waals surface area contributed by atoms with E-state index < -0.39 is 4.92 Å². The number of carbonyl (C=O) groups excluding carboxylic acids is 1. The van der Waals surface area contributed by atoms with Crippen LogP contribution in [0.5, 0.6) is 0 Å². The van der Waals surface area contributed by atoms with Crippen molar-refractivity contribution < 1.29 is 9.72 Å². The van der Waals surface area contributed by atoms with E-state index in [-0.39, 0.29) is 11.6 Å². The summed E-state index contributed by atoms with van der Waals surface area (Å²) < 4.78 is 0. The van der Waals surface area contributed by atoms with Crippen molar-refractivity contribution in [3.8, 4) is 0 Å². The lowest BCUT2D eigenvalue weighted by molar-refractivity contribution is -0.385. The number of nitrogens with zero attached hydrogens (tertiary/aromatic N) is 2. The summed E-state index contributed by atoms with van der Waals surface area (Å²) in [4.78, 5) is 24.8. The van der Waals surface area contributed by atoms with Crippen molar-refractivity contribution in [1.29, 1.82) is 0 Å². The lowest BCUT2D eigenvalue weighted by atomic mass is 10.1. The van der Waals surface area contributed by atoms with Crippen molar-refractivity contribution in [2.45, 2.75) is 19.8 Å². The van der Waals surface area contributed by atoms with Crippen LogP contribution >= 0.6 is 0 Å². The SMILES string of the molecule is CCc1ccc(C(=O)N2CCCNCC2)cc1[N+](=O)[O-]. The predicted octanol–water partition coefficient (Wildman–Crippen LogP) is 1.59. The van der Waals surface area contributed by atoms with Gasteiger partial charge in [-0.1, -0.05) is 13.0 Å². The van der Waals surface area contributed by atoms with Crippen LogP contribution < -0.4 is 5.32 Å². The summed E-state index contributed by atoms with van der Waals surface area (Å²) in [6.07, 6.45) is 1.49. The molecule has 1 aromatic carbocycles. The van der Waals surface area contributed by atoms with Crippen LogP contribution in [0.4, 0.5) is 5.69 Å². The molecule has 1 aliphatic rings. The quantitative estimate of drug-likeness (QED) is 0.672. The molecule has 108 valence electrons. The number of amides is 1. The lowest BCUT2D eigenvalue weighted by Crippen LogP contribution is -2.34. The number of rotatable bonds is 3. The van der Waals surface area contributed by atoms with Gasteiger partial charge >= 0.3 is 0 Å². The zero-order chi connectivity index (χ0) is 14.5. The molecule has 6 heteroatoms. The number of aryl methyl sites for hydroxylation is 1. The first-order valence-corrected chi connectivity index (χ1v) is 6.90. The summed E-state index contributed by atoms with van der Waals surface area (Å²) in [6, 6.07) is 4.77. The van der Waals surface area contributed by atoms with E-state index in [2.05, 4.69) is 5.32 Å². The first-order chi connectivity index (χ1) is 9.63. The maximum Gasteiger partial charge on any atom is 0.273 e. The van der Waals surface area contributed by atoms with Gasteiger partial charge in [0.05, 0.1) is 4.92 Å². The number of nitro groups is 1. The first kappa shape index (κ1) is 14.5. The summed E-state index contributed by atoms with van der Waals surface area (Å²) in [5, 5.41) is 14.3. The molecule has 0 aliphatic carbocycles. The van der Waals surface area contributed by atoms with Crippen molar-refractivity contribution in [3.05, 3.63) is 39.4 Å². The van der Waals surface area contributed by atoms with E-state index in [4.69, 9.17) is 0 Å². The zero-order valence-electron chi connectivity index (χ0n) is 11.6. The average Bonchev–Trinajstić information content (AvgIpc) is 2.74. The van der Waals surface area contributed by atoms with E-state index in [1.807, 2.05) is 6.92 Å². The summed E-state index contributed by atoms with van der Waals surface area (Å²) in [5.74, 6) is -0.126. The molecular formula is C14H19N3O3. The highest BCUT2D eigenvalue weighted by molar-refractivity contribution is 5.95. The molecule has 0 bridgehead atoms. The highest BCUT2D eigenvalue weighted by atomic mass is 16.6. The largest absolute Gasteiger partial charge is 0.337 e. The minimum atomic E-state index is -0.417. The maximum atomic E-state index is 12.4. The predicted molar refractivity (Wildman–Crippen MR) is 75.9 cm³/mol. The second kappa shape index (κ2) is 6.47. The number of benzene rings is 1. The van der Waals surface area contributed by atoms with Gasteiger partial charge in [-0.2, -0.15) is 0 Å². The second-order valence-corrected chi connectivity index (χ2v) is 4.85. The second-order valence-electron chi connectivity index (χ2n) is 4.85. The molecule has 20 heavy (non-hydrogen) atoms. The number of hydrogen-bond donors (Lipinski definition) is 1. The van der Waals surface area contributed by atoms with E-state index in [9.17, 15) is 14.9 Å². The third kappa shape index (κ3) is 3.14. The molecule has 1 heterocycles. The van der Waals surface area contributed by atoms with E-state index in [1.165, 1.54) is 6.07 Å². The molecule has 0 spiro atoms. The molecule has 6 nitrogen and oxygen atoms in total.